The molecule has 0 amide bonds. The smallest absolute Gasteiger partial charge is 0.311 e. The maximum absolute atomic E-state index is 11.1. The maximum Gasteiger partial charge on any atom is 0.311 e. The van der Waals surface area contributed by atoms with Crippen LogP contribution in [-0.2, 0) is 11.8 Å². The van der Waals surface area contributed by atoms with E-state index in [2.05, 4.69) is 4.99 Å². The number of nitrogens with zero attached hydrogens (tertiary/aromatic N) is 2. The molecule has 0 saturated carbocycles. The van der Waals surface area contributed by atoms with Crippen molar-refractivity contribution in [3.63, 3.8) is 0 Å². The van der Waals surface area contributed by atoms with Gasteiger partial charge in [0.25, 0.3) is 0 Å². The summed E-state index contributed by atoms with van der Waals surface area (Å²) in [5, 5.41) is 9.12. The van der Waals surface area contributed by atoms with Crippen LogP contribution in [0.5, 0.6) is 0 Å². The number of aliphatic carboxylic acids is 1. The van der Waals surface area contributed by atoms with Crippen LogP contribution < -0.4 is 4.80 Å². The van der Waals surface area contributed by atoms with Crippen LogP contribution in [0.4, 0.5) is 5.69 Å². The molecule has 0 aliphatic rings. The van der Waals surface area contributed by atoms with E-state index in [4.69, 9.17) is 5.11 Å². The monoisotopic (exact) mass is 276 g/mol. The second-order valence-corrected chi connectivity index (χ2v) is 5.41. The van der Waals surface area contributed by atoms with Gasteiger partial charge in [0.15, 0.2) is 4.80 Å². The van der Waals surface area contributed by atoms with Crippen molar-refractivity contribution in [2.45, 2.75) is 19.8 Å². The number of hydrogen-bond acceptors (Lipinski definition) is 3. The molecule has 1 aromatic heterocycles. The van der Waals surface area contributed by atoms with Gasteiger partial charge in [0.1, 0.15) is 0 Å². The van der Waals surface area contributed by atoms with E-state index in [-0.39, 0.29) is 0 Å². The van der Waals surface area contributed by atoms with E-state index in [1.165, 1.54) is 11.3 Å². The van der Waals surface area contributed by atoms with E-state index < -0.39 is 11.9 Å². The summed E-state index contributed by atoms with van der Waals surface area (Å²) in [5.74, 6) is -1.31. The average molecular weight is 276 g/mol. The Balaban J connectivity index is 2.52. The van der Waals surface area contributed by atoms with Gasteiger partial charge in [0.2, 0.25) is 0 Å². The maximum atomic E-state index is 11.1. The third-order valence-electron chi connectivity index (χ3n) is 3.09. The molecule has 0 spiro atoms. The lowest BCUT2D eigenvalue weighted by Gasteiger charge is -2.04. The van der Waals surface area contributed by atoms with Gasteiger partial charge in [-0.05, 0) is 26.0 Å². The molecule has 2 aromatic rings. The Hall–Kier alpha value is -1.88. The fourth-order valence-corrected chi connectivity index (χ4v) is 2.96. The second-order valence-electron chi connectivity index (χ2n) is 4.40. The number of para-hydroxylation sites is 1. The molecule has 1 heterocycles. The SMILES string of the molecule is Cc1c(C(C)C(=O)O)s/c(=N/c2ccccc2)n1C. The van der Waals surface area contributed by atoms with Crippen molar-refractivity contribution in [1.82, 2.24) is 4.57 Å². The largest absolute Gasteiger partial charge is 0.481 e. The molecule has 1 atom stereocenters. The molecular weight excluding hydrogens is 260 g/mol. The second kappa shape index (κ2) is 5.40. The first-order valence-corrected chi connectivity index (χ1v) is 6.81. The first-order chi connectivity index (χ1) is 9.00. The van der Waals surface area contributed by atoms with Crippen LogP contribution >= 0.6 is 11.3 Å². The highest BCUT2D eigenvalue weighted by Gasteiger charge is 2.20. The van der Waals surface area contributed by atoms with E-state index in [1.54, 1.807) is 6.92 Å². The zero-order valence-corrected chi connectivity index (χ0v) is 11.9. The fourth-order valence-electron chi connectivity index (χ4n) is 1.77. The standard InChI is InChI=1S/C14H16N2O2S/c1-9(13(17)18)12-10(2)16(3)14(19-12)15-11-7-5-4-6-8-11/h4-9H,1-3H3,(H,17,18)/b15-14+. The molecule has 2 rings (SSSR count). The zero-order chi connectivity index (χ0) is 14.0. The van der Waals surface area contributed by atoms with Crippen molar-refractivity contribution in [2.24, 2.45) is 12.0 Å². The van der Waals surface area contributed by atoms with Gasteiger partial charge in [-0.3, -0.25) is 4.79 Å². The van der Waals surface area contributed by atoms with Crippen LogP contribution in [0.25, 0.3) is 0 Å². The van der Waals surface area contributed by atoms with Gasteiger partial charge in [-0.15, -0.1) is 11.3 Å². The number of carboxylic acids is 1. The lowest BCUT2D eigenvalue weighted by atomic mass is 10.1. The third-order valence-corrected chi connectivity index (χ3v) is 4.51. The van der Waals surface area contributed by atoms with E-state index in [1.807, 2.05) is 48.9 Å². The lowest BCUT2D eigenvalue weighted by Crippen LogP contribution is -2.11. The molecule has 0 fully saturated rings. The molecule has 0 bridgehead atoms. The average Bonchev–Trinajstić information content (AvgIpc) is 2.67. The van der Waals surface area contributed by atoms with Gasteiger partial charge >= 0.3 is 5.97 Å². The molecule has 1 N–H and O–H groups in total. The number of hydrogen-bond donors (Lipinski definition) is 1. The molecular formula is C14H16N2O2S. The van der Waals surface area contributed by atoms with Gasteiger partial charge < -0.3 is 9.67 Å². The zero-order valence-electron chi connectivity index (χ0n) is 11.1. The van der Waals surface area contributed by atoms with Crippen molar-refractivity contribution in [3.05, 3.63) is 45.7 Å². The van der Waals surface area contributed by atoms with Crippen LogP contribution in [0.2, 0.25) is 0 Å². The molecule has 4 nitrogen and oxygen atoms in total. The third kappa shape index (κ3) is 2.76. The Labute approximate surface area is 115 Å². The predicted molar refractivity (Wildman–Crippen MR) is 75.7 cm³/mol. The van der Waals surface area contributed by atoms with Crippen molar-refractivity contribution < 1.29 is 9.90 Å². The number of aromatic nitrogens is 1. The Morgan fingerprint density at radius 2 is 2.00 bits per heavy atom. The molecule has 0 aliphatic heterocycles. The van der Waals surface area contributed by atoms with Gasteiger partial charge in [-0.1, -0.05) is 18.2 Å². The van der Waals surface area contributed by atoms with Gasteiger partial charge in [0, 0.05) is 17.6 Å². The summed E-state index contributed by atoms with van der Waals surface area (Å²) in [6.45, 7) is 3.63. The Morgan fingerprint density at radius 1 is 1.37 bits per heavy atom. The van der Waals surface area contributed by atoms with E-state index >= 15 is 0 Å². The molecule has 5 heteroatoms. The molecule has 0 saturated heterocycles. The summed E-state index contributed by atoms with van der Waals surface area (Å²) in [7, 11) is 1.91. The number of carboxylic acid groups (broad SMARTS) is 1. The minimum atomic E-state index is -0.809. The number of thiazole rings is 1. The van der Waals surface area contributed by atoms with Crippen LogP contribution in [0.1, 0.15) is 23.4 Å². The lowest BCUT2D eigenvalue weighted by molar-refractivity contribution is -0.138. The highest BCUT2D eigenvalue weighted by Crippen LogP contribution is 2.23. The molecule has 100 valence electrons. The van der Waals surface area contributed by atoms with Gasteiger partial charge in [-0.2, -0.15) is 0 Å². The van der Waals surface area contributed by atoms with Crippen molar-refractivity contribution >= 4 is 23.0 Å². The highest BCUT2D eigenvalue weighted by molar-refractivity contribution is 7.09. The number of rotatable bonds is 3. The molecule has 0 radical (unpaired) electrons. The van der Waals surface area contributed by atoms with E-state index in [0.717, 1.165) is 21.1 Å². The summed E-state index contributed by atoms with van der Waals surface area (Å²) in [6.07, 6.45) is 0. The molecule has 1 unspecified atom stereocenters. The number of benzene rings is 1. The quantitative estimate of drug-likeness (QED) is 0.937. The fraction of sp³-hybridized carbons (Fsp3) is 0.286. The van der Waals surface area contributed by atoms with Gasteiger partial charge in [-0.25, -0.2) is 4.99 Å². The van der Waals surface area contributed by atoms with Crippen LogP contribution in [0.3, 0.4) is 0 Å². The van der Waals surface area contributed by atoms with Crippen molar-refractivity contribution in [3.8, 4) is 0 Å². The highest BCUT2D eigenvalue weighted by atomic mass is 32.1. The van der Waals surface area contributed by atoms with Crippen LogP contribution in [0, 0.1) is 6.92 Å². The first-order valence-electron chi connectivity index (χ1n) is 5.99. The summed E-state index contributed by atoms with van der Waals surface area (Å²) < 4.78 is 1.94. The topological polar surface area (TPSA) is 54.6 Å². The molecule has 19 heavy (non-hydrogen) atoms. The van der Waals surface area contributed by atoms with E-state index in [9.17, 15) is 4.79 Å². The predicted octanol–water partition coefficient (Wildman–Crippen LogP) is 2.82. The minimum Gasteiger partial charge on any atom is -0.481 e. The molecule has 0 aliphatic carbocycles. The Morgan fingerprint density at radius 3 is 2.58 bits per heavy atom. The van der Waals surface area contributed by atoms with Gasteiger partial charge in [0.05, 0.1) is 11.6 Å². The Bertz CT molecular complexity index is 656. The summed E-state index contributed by atoms with van der Waals surface area (Å²) in [4.78, 5) is 17.3. The van der Waals surface area contributed by atoms with E-state index in [0.29, 0.717) is 0 Å². The van der Waals surface area contributed by atoms with Crippen molar-refractivity contribution in [2.75, 3.05) is 0 Å². The van der Waals surface area contributed by atoms with Crippen molar-refractivity contribution in [1.29, 1.82) is 0 Å². The summed E-state index contributed by atoms with van der Waals surface area (Å²) in [6, 6.07) is 9.65. The minimum absolute atomic E-state index is 0.504. The van der Waals surface area contributed by atoms with Crippen LogP contribution in [0.15, 0.2) is 35.3 Å². The first kappa shape index (κ1) is 13.5. The normalized spacial score (nSPS) is 13.5. The number of carbonyl (C=O) groups is 1. The van der Waals surface area contributed by atoms with Crippen LogP contribution in [-0.4, -0.2) is 15.6 Å². The molecule has 1 aromatic carbocycles. The summed E-state index contributed by atoms with van der Waals surface area (Å²) in [5.41, 5.74) is 1.82. The summed E-state index contributed by atoms with van der Waals surface area (Å²) >= 11 is 1.43. The Kier molecular flexibility index (Phi) is 3.85.